The maximum Gasteiger partial charge on any atom is 0.160 e. The number of allylic oxidation sites excluding steroid dienone is 2. The molecule has 3 rings (SSSR count). The smallest absolute Gasteiger partial charge is 0.160 e. The molecule has 2 aromatic carbocycles. The van der Waals surface area contributed by atoms with Gasteiger partial charge < -0.3 is 9.64 Å². The number of hydrogen-bond donors (Lipinski definition) is 0. The molecule has 0 aromatic heterocycles. The third-order valence-electron chi connectivity index (χ3n) is 4.19. The van der Waals surface area contributed by atoms with Gasteiger partial charge in [-0.1, -0.05) is 48.5 Å². The highest BCUT2D eigenvalue weighted by atomic mass is 16.5. The van der Waals surface area contributed by atoms with Crippen LogP contribution in [0.1, 0.15) is 19.4 Å². The molecule has 0 spiro atoms. The lowest BCUT2D eigenvalue weighted by Crippen LogP contribution is -2.36. The number of rotatable bonds is 3. The minimum absolute atomic E-state index is 0.117. The first-order valence-corrected chi connectivity index (χ1v) is 7.53. The van der Waals surface area contributed by atoms with E-state index in [0.29, 0.717) is 0 Å². The van der Waals surface area contributed by atoms with E-state index < -0.39 is 0 Å². The number of para-hydroxylation sites is 1. The Hall–Kier alpha value is -2.32. The third-order valence-corrected chi connectivity index (χ3v) is 4.19. The highest BCUT2D eigenvalue weighted by Crippen LogP contribution is 2.36. The molecule has 1 aliphatic heterocycles. The Bertz CT molecular complexity index is 701. The SMILES string of the molecule is COC1C(c2ccccc2)=C(C)C(C)=CN1c1ccccc1. The van der Waals surface area contributed by atoms with Crippen LogP contribution in [0, 0.1) is 0 Å². The second kappa shape index (κ2) is 6.20. The molecule has 2 aromatic rings. The molecule has 22 heavy (non-hydrogen) atoms. The molecule has 0 radical (unpaired) electrons. The Morgan fingerprint density at radius 1 is 0.864 bits per heavy atom. The Labute approximate surface area is 132 Å². The van der Waals surface area contributed by atoms with Gasteiger partial charge in [0.25, 0.3) is 0 Å². The van der Waals surface area contributed by atoms with Gasteiger partial charge >= 0.3 is 0 Å². The largest absolute Gasteiger partial charge is 0.357 e. The van der Waals surface area contributed by atoms with Gasteiger partial charge in [-0.15, -0.1) is 0 Å². The van der Waals surface area contributed by atoms with Crippen LogP contribution in [0.5, 0.6) is 0 Å². The molecular formula is C20H21NO. The van der Waals surface area contributed by atoms with Gasteiger partial charge in [0.2, 0.25) is 0 Å². The van der Waals surface area contributed by atoms with E-state index in [-0.39, 0.29) is 6.23 Å². The van der Waals surface area contributed by atoms with Crippen LogP contribution in [0.3, 0.4) is 0 Å². The quantitative estimate of drug-likeness (QED) is 0.801. The summed E-state index contributed by atoms with van der Waals surface area (Å²) in [6.07, 6.45) is 2.05. The van der Waals surface area contributed by atoms with E-state index >= 15 is 0 Å². The van der Waals surface area contributed by atoms with E-state index in [1.807, 2.05) is 12.1 Å². The summed E-state index contributed by atoms with van der Waals surface area (Å²) in [4.78, 5) is 2.20. The number of nitrogens with zero attached hydrogens (tertiary/aromatic N) is 1. The maximum atomic E-state index is 5.87. The van der Waals surface area contributed by atoms with Crippen molar-refractivity contribution in [2.24, 2.45) is 0 Å². The van der Waals surface area contributed by atoms with Crippen molar-refractivity contribution in [2.75, 3.05) is 12.0 Å². The van der Waals surface area contributed by atoms with E-state index in [0.717, 1.165) is 5.69 Å². The van der Waals surface area contributed by atoms with Crippen molar-refractivity contribution in [1.82, 2.24) is 0 Å². The molecule has 1 aliphatic rings. The highest BCUT2D eigenvalue weighted by Gasteiger charge is 2.28. The minimum Gasteiger partial charge on any atom is -0.357 e. The van der Waals surface area contributed by atoms with Gasteiger partial charge in [-0.25, -0.2) is 0 Å². The first-order chi connectivity index (χ1) is 10.7. The fraction of sp³-hybridized carbons (Fsp3) is 0.200. The van der Waals surface area contributed by atoms with Gasteiger partial charge in [0.05, 0.1) is 0 Å². The van der Waals surface area contributed by atoms with Crippen LogP contribution in [-0.4, -0.2) is 13.3 Å². The Morgan fingerprint density at radius 3 is 2.05 bits per heavy atom. The van der Waals surface area contributed by atoms with Gasteiger partial charge in [0, 0.05) is 24.6 Å². The summed E-state index contributed by atoms with van der Waals surface area (Å²) in [6, 6.07) is 20.8. The number of benzene rings is 2. The Balaban J connectivity index is 2.11. The summed E-state index contributed by atoms with van der Waals surface area (Å²) in [6.45, 7) is 4.32. The molecule has 1 atom stereocenters. The van der Waals surface area contributed by atoms with Crippen molar-refractivity contribution in [3.05, 3.63) is 83.6 Å². The van der Waals surface area contributed by atoms with Gasteiger partial charge in [-0.05, 0) is 42.7 Å². The summed E-state index contributed by atoms with van der Waals surface area (Å²) < 4.78 is 5.87. The first-order valence-electron chi connectivity index (χ1n) is 7.53. The van der Waals surface area contributed by atoms with Crippen molar-refractivity contribution in [2.45, 2.75) is 20.1 Å². The molecule has 1 unspecified atom stereocenters. The van der Waals surface area contributed by atoms with Crippen molar-refractivity contribution < 1.29 is 4.74 Å². The summed E-state index contributed by atoms with van der Waals surface area (Å²) >= 11 is 0. The summed E-state index contributed by atoms with van der Waals surface area (Å²) in [5.41, 5.74) is 6.11. The molecule has 112 valence electrons. The third kappa shape index (κ3) is 2.58. The van der Waals surface area contributed by atoms with Crippen LogP contribution in [0.2, 0.25) is 0 Å². The second-order valence-electron chi connectivity index (χ2n) is 5.55. The van der Waals surface area contributed by atoms with E-state index in [2.05, 4.69) is 73.5 Å². The van der Waals surface area contributed by atoms with E-state index in [1.54, 1.807) is 7.11 Å². The van der Waals surface area contributed by atoms with Crippen LogP contribution >= 0.6 is 0 Å². The van der Waals surface area contributed by atoms with Gasteiger partial charge in [-0.2, -0.15) is 0 Å². The van der Waals surface area contributed by atoms with Gasteiger partial charge in [-0.3, -0.25) is 0 Å². The fourth-order valence-corrected chi connectivity index (χ4v) is 2.93. The Morgan fingerprint density at radius 2 is 1.45 bits per heavy atom. The number of anilines is 1. The van der Waals surface area contributed by atoms with Crippen LogP contribution in [0.4, 0.5) is 5.69 Å². The Kier molecular flexibility index (Phi) is 4.12. The zero-order valence-electron chi connectivity index (χ0n) is 13.3. The zero-order chi connectivity index (χ0) is 15.5. The molecule has 0 saturated carbocycles. The summed E-state index contributed by atoms with van der Waals surface area (Å²) in [7, 11) is 1.77. The second-order valence-corrected chi connectivity index (χ2v) is 5.55. The molecule has 1 heterocycles. The molecule has 0 bridgehead atoms. The van der Waals surface area contributed by atoms with Crippen LogP contribution in [-0.2, 0) is 4.74 Å². The lowest BCUT2D eigenvalue weighted by Gasteiger charge is -2.37. The lowest BCUT2D eigenvalue weighted by atomic mass is 9.92. The molecule has 0 amide bonds. The predicted octanol–water partition coefficient (Wildman–Crippen LogP) is 4.86. The average Bonchev–Trinajstić information content (AvgIpc) is 2.58. The van der Waals surface area contributed by atoms with E-state index in [4.69, 9.17) is 4.74 Å². The fourth-order valence-electron chi connectivity index (χ4n) is 2.93. The van der Waals surface area contributed by atoms with Crippen molar-refractivity contribution in [3.8, 4) is 0 Å². The molecule has 0 aliphatic carbocycles. The average molecular weight is 291 g/mol. The monoisotopic (exact) mass is 291 g/mol. The van der Waals surface area contributed by atoms with Gasteiger partial charge in [0.15, 0.2) is 6.23 Å². The van der Waals surface area contributed by atoms with Crippen LogP contribution < -0.4 is 4.90 Å². The minimum atomic E-state index is -0.117. The standard InChI is InChI=1S/C20H21NO/c1-15-14-21(18-12-8-5-9-13-18)20(22-3)19(16(15)2)17-10-6-4-7-11-17/h4-14,20H,1-3H3. The normalized spacial score (nSPS) is 18.4. The number of hydrogen-bond acceptors (Lipinski definition) is 2. The number of ether oxygens (including phenoxy) is 1. The molecule has 0 fully saturated rings. The zero-order valence-corrected chi connectivity index (χ0v) is 13.3. The van der Waals surface area contributed by atoms with E-state index in [9.17, 15) is 0 Å². The topological polar surface area (TPSA) is 12.5 Å². The van der Waals surface area contributed by atoms with E-state index in [1.165, 1.54) is 22.3 Å². The molecular weight excluding hydrogens is 270 g/mol. The first kappa shape index (κ1) is 14.6. The van der Waals surface area contributed by atoms with Crippen LogP contribution in [0.15, 0.2) is 78.0 Å². The van der Waals surface area contributed by atoms with Gasteiger partial charge in [0.1, 0.15) is 0 Å². The predicted molar refractivity (Wildman–Crippen MR) is 92.5 cm³/mol. The van der Waals surface area contributed by atoms with Crippen molar-refractivity contribution in [1.29, 1.82) is 0 Å². The summed E-state index contributed by atoms with van der Waals surface area (Å²) in [5, 5.41) is 0. The lowest BCUT2D eigenvalue weighted by molar-refractivity contribution is 0.151. The highest BCUT2D eigenvalue weighted by molar-refractivity contribution is 5.80. The maximum absolute atomic E-state index is 5.87. The molecule has 0 N–H and O–H groups in total. The number of methoxy groups -OCH3 is 1. The molecule has 2 nitrogen and oxygen atoms in total. The molecule has 2 heteroatoms. The molecule has 0 saturated heterocycles. The summed E-state index contributed by atoms with van der Waals surface area (Å²) in [5.74, 6) is 0. The van der Waals surface area contributed by atoms with Crippen molar-refractivity contribution >= 4 is 11.3 Å². The van der Waals surface area contributed by atoms with Crippen molar-refractivity contribution in [3.63, 3.8) is 0 Å². The van der Waals surface area contributed by atoms with Crippen LogP contribution in [0.25, 0.3) is 5.57 Å².